The van der Waals surface area contributed by atoms with E-state index in [9.17, 15) is 0 Å². The van der Waals surface area contributed by atoms with Crippen LogP contribution in [0.3, 0.4) is 0 Å². The van der Waals surface area contributed by atoms with Gasteiger partial charge in [0.15, 0.2) is 0 Å². The Morgan fingerprint density at radius 3 is 2.25 bits per heavy atom. The van der Waals surface area contributed by atoms with E-state index < -0.39 is 0 Å². The summed E-state index contributed by atoms with van der Waals surface area (Å²) in [5.41, 5.74) is 2.45. The molecule has 0 aliphatic rings. The molecule has 0 N–H and O–H groups in total. The second-order valence-electron chi connectivity index (χ2n) is 2.21. The van der Waals surface area contributed by atoms with E-state index in [1.54, 1.807) is 6.20 Å². The van der Waals surface area contributed by atoms with Crippen molar-refractivity contribution >= 4 is 0 Å². The van der Waals surface area contributed by atoms with Gasteiger partial charge >= 0.3 is 0 Å². The maximum absolute atomic E-state index is 4.02. The summed E-state index contributed by atoms with van der Waals surface area (Å²) in [5.74, 6) is 0. The first kappa shape index (κ1) is 11.1. The average Bonchev–Trinajstić information content (AvgIpc) is 2.20. The van der Waals surface area contributed by atoms with Crippen molar-refractivity contribution in [3.05, 3.63) is 23.5 Å². The molecule has 0 unspecified atom stereocenters. The van der Waals surface area contributed by atoms with Crippen molar-refractivity contribution in [3.8, 4) is 0 Å². The number of hydrogen-bond donors (Lipinski definition) is 0. The molecule has 0 aliphatic heterocycles. The zero-order chi connectivity index (χ0) is 9.40. The molecule has 2 heteroatoms. The minimum atomic E-state index is 0.983. The normalized spacial score (nSPS) is 8.67. The van der Waals surface area contributed by atoms with Crippen LogP contribution >= 0.6 is 0 Å². The van der Waals surface area contributed by atoms with Gasteiger partial charge in [-0.05, 0) is 24.5 Å². The molecular formula is C10H18N2. The van der Waals surface area contributed by atoms with Gasteiger partial charge in [0.25, 0.3) is 0 Å². The third kappa shape index (κ3) is 2.99. The number of hydrogen-bond acceptors (Lipinski definition) is 2. The monoisotopic (exact) mass is 166 g/mol. The fraction of sp³-hybridized carbons (Fsp3) is 0.600. The van der Waals surface area contributed by atoms with Gasteiger partial charge in [-0.2, -0.15) is 10.2 Å². The van der Waals surface area contributed by atoms with Crippen LogP contribution in [0.5, 0.6) is 0 Å². The molecular weight excluding hydrogens is 148 g/mol. The molecule has 0 saturated carbocycles. The highest BCUT2D eigenvalue weighted by Gasteiger charge is 1.96. The van der Waals surface area contributed by atoms with Crippen molar-refractivity contribution in [2.45, 2.75) is 40.5 Å². The first-order valence-electron chi connectivity index (χ1n) is 4.68. The topological polar surface area (TPSA) is 25.8 Å². The van der Waals surface area contributed by atoms with Crippen LogP contribution in [0.15, 0.2) is 12.3 Å². The van der Waals surface area contributed by atoms with Crippen LogP contribution in [0.1, 0.15) is 39.0 Å². The van der Waals surface area contributed by atoms with Gasteiger partial charge in [-0.1, -0.05) is 27.7 Å². The number of aromatic nitrogens is 2. The van der Waals surface area contributed by atoms with E-state index in [1.807, 2.05) is 19.9 Å². The van der Waals surface area contributed by atoms with Gasteiger partial charge in [0.1, 0.15) is 0 Å². The first-order chi connectivity index (χ1) is 5.88. The van der Waals surface area contributed by atoms with Crippen LogP contribution in [0.2, 0.25) is 0 Å². The maximum Gasteiger partial charge on any atom is 0.0660 e. The Morgan fingerprint density at radius 2 is 1.83 bits per heavy atom. The van der Waals surface area contributed by atoms with Gasteiger partial charge in [0.05, 0.1) is 5.69 Å². The number of rotatable bonds is 2. The molecule has 2 nitrogen and oxygen atoms in total. The maximum atomic E-state index is 4.02. The van der Waals surface area contributed by atoms with Gasteiger partial charge < -0.3 is 0 Å². The Labute approximate surface area is 75.0 Å². The Kier molecular flexibility index (Phi) is 6.25. The van der Waals surface area contributed by atoms with E-state index in [2.05, 4.69) is 24.0 Å². The fourth-order valence-corrected chi connectivity index (χ4v) is 1.01. The van der Waals surface area contributed by atoms with E-state index in [0.29, 0.717) is 0 Å². The lowest BCUT2D eigenvalue weighted by atomic mass is 10.1. The van der Waals surface area contributed by atoms with Gasteiger partial charge in [0, 0.05) is 6.20 Å². The lowest BCUT2D eigenvalue weighted by molar-refractivity contribution is 0.878. The average molecular weight is 166 g/mol. The summed E-state index contributed by atoms with van der Waals surface area (Å²) in [6.07, 6.45) is 3.79. The van der Waals surface area contributed by atoms with Crippen LogP contribution in [0.4, 0.5) is 0 Å². The smallest absolute Gasteiger partial charge is 0.0660 e. The summed E-state index contributed by atoms with van der Waals surface area (Å²) in [6, 6.07) is 2.03. The third-order valence-corrected chi connectivity index (χ3v) is 1.61. The fourth-order valence-electron chi connectivity index (χ4n) is 1.01. The molecule has 1 heterocycles. The van der Waals surface area contributed by atoms with E-state index in [4.69, 9.17) is 0 Å². The molecule has 1 aromatic heterocycles. The highest BCUT2D eigenvalue weighted by molar-refractivity contribution is 5.16. The molecule has 0 aliphatic carbocycles. The van der Waals surface area contributed by atoms with E-state index in [1.165, 1.54) is 5.56 Å². The number of aryl methyl sites for hydroxylation is 2. The van der Waals surface area contributed by atoms with Crippen molar-refractivity contribution in [1.29, 1.82) is 0 Å². The standard InChI is InChI=1S/C8H12N2.C2H6/c1-3-7-5-6-9-10-8(7)4-2;1-2/h5-6H,3-4H2,1-2H3;1-2H3. The molecule has 0 spiro atoms. The quantitative estimate of drug-likeness (QED) is 0.675. The molecule has 0 saturated heterocycles. The van der Waals surface area contributed by atoms with E-state index in [-0.39, 0.29) is 0 Å². The van der Waals surface area contributed by atoms with Gasteiger partial charge in [-0.3, -0.25) is 0 Å². The van der Waals surface area contributed by atoms with Crippen molar-refractivity contribution in [3.63, 3.8) is 0 Å². The molecule has 12 heavy (non-hydrogen) atoms. The third-order valence-electron chi connectivity index (χ3n) is 1.61. The molecule has 0 amide bonds. The molecule has 1 aromatic rings. The largest absolute Gasteiger partial charge is 0.159 e. The van der Waals surface area contributed by atoms with Crippen LogP contribution < -0.4 is 0 Å². The second-order valence-corrected chi connectivity index (χ2v) is 2.21. The minimum Gasteiger partial charge on any atom is -0.159 e. The van der Waals surface area contributed by atoms with Gasteiger partial charge in [-0.25, -0.2) is 0 Å². The second kappa shape index (κ2) is 6.77. The molecule has 0 radical (unpaired) electrons. The Balaban J connectivity index is 0.000000561. The predicted molar refractivity (Wildman–Crippen MR) is 52.1 cm³/mol. The van der Waals surface area contributed by atoms with Crippen molar-refractivity contribution in [2.24, 2.45) is 0 Å². The summed E-state index contributed by atoms with van der Waals surface area (Å²) in [4.78, 5) is 0. The summed E-state index contributed by atoms with van der Waals surface area (Å²) in [7, 11) is 0. The summed E-state index contributed by atoms with van der Waals surface area (Å²) in [6.45, 7) is 8.24. The van der Waals surface area contributed by atoms with Gasteiger partial charge in [0.2, 0.25) is 0 Å². The molecule has 68 valence electrons. The molecule has 0 bridgehead atoms. The Hall–Kier alpha value is -0.920. The minimum absolute atomic E-state index is 0.983. The van der Waals surface area contributed by atoms with Crippen LogP contribution in [-0.2, 0) is 12.8 Å². The van der Waals surface area contributed by atoms with E-state index in [0.717, 1.165) is 18.5 Å². The zero-order valence-electron chi connectivity index (χ0n) is 8.46. The summed E-state index contributed by atoms with van der Waals surface area (Å²) in [5, 5.41) is 7.83. The molecule has 0 aromatic carbocycles. The van der Waals surface area contributed by atoms with Gasteiger partial charge in [-0.15, -0.1) is 0 Å². The molecule has 1 rings (SSSR count). The first-order valence-corrected chi connectivity index (χ1v) is 4.68. The van der Waals surface area contributed by atoms with Crippen molar-refractivity contribution < 1.29 is 0 Å². The lowest BCUT2D eigenvalue weighted by Crippen LogP contribution is -1.95. The van der Waals surface area contributed by atoms with Crippen LogP contribution in [0.25, 0.3) is 0 Å². The highest BCUT2D eigenvalue weighted by atomic mass is 15.1. The van der Waals surface area contributed by atoms with E-state index >= 15 is 0 Å². The highest BCUT2D eigenvalue weighted by Crippen LogP contribution is 2.04. The zero-order valence-corrected chi connectivity index (χ0v) is 8.46. The molecule has 0 fully saturated rings. The predicted octanol–water partition coefficient (Wildman–Crippen LogP) is 2.63. The van der Waals surface area contributed by atoms with Crippen LogP contribution in [0, 0.1) is 0 Å². The van der Waals surface area contributed by atoms with Crippen LogP contribution in [-0.4, -0.2) is 10.2 Å². The SMILES string of the molecule is CC.CCc1ccnnc1CC. The Morgan fingerprint density at radius 1 is 1.17 bits per heavy atom. The van der Waals surface area contributed by atoms with Crippen molar-refractivity contribution in [2.75, 3.05) is 0 Å². The summed E-state index contributed by atoms with van der Waals surface area (Å²) >= 11 is 0. The Bertz CT molecular complexity index is 186. The molecule has 0 atom stereocenters. The number of nitrogens with zero attached hydrogens (tertiary/aromatic N) is 2. The van der Waals surface area contributed by atoms with Crippen molar-refractivity contribution in [1.82, 2.24) is 10.2 Å². The lowest BCUT2D eigenvalue weighted by Gasteiger charge is -1.99. The summed E-state index contributed by atoms with van der Waals surface area (Å²) < 4.78 is 0.